The fourth-order valence-electron chi connectivity index (χ4n) is 2.10. The summed E-state index contributed by atoms with van der Waals surface area (Å²) in [7, 11) is 0. The van der Waals surface area contributed by atoms with E-state index in [4.69, 9.17) is 9.47 Å². The van der Waals surface area contributed by atoms with Crippen molar-refractivity contribution in [2.75, 3.05) is 6.79 Å². The summed E-state index contributed by atoms with van der Waals surface area (Å²) in [6.45, 7) is 4.44. The Hall–Kier alpha value is -1.51. The van der Waals surface area contributed by atoms with E-state index in [2.05, 4.69) is 6.92 Å². The number of hydrogen-bond acceptors (Lipinski definition) is 3. The van der Waals surface area contributed by atoms with Gasteiger partial charge in [-0.3, -0.25) is 4.79 Å². The second-order valence-electron chi connectivity index (χ2n) is 4.87. The number of ether oxygens (including phenoxy) is 2. The van der Waals surface area contributed by atoms with Gasteiger partial charge in [-0.15, -0.1) is 0 Å². The van der Waals surface area contributed by atoms with Gasteiger partial charge in [0.25, 0.3) is 0 Å². The molecular weight excluding hydrogens is 228 g/mol. The molecule has 0 saturated carbocycles. The van der Waals surface area contributed by atoms with Crippen LogP contribution in [0.15, 0.2) is 18.2 Å². The summed E-state index contributed by atoms with van der Waals surface area (Å²) >= 11 is 0. The number of fused-ring (bicyclic) bond motifs is 1. The Morgan fingerprint density at radius 2 is 2.11 bits per heavy atom. The van der Waals surface area contributed by atoms with Crippen molar-refractivity contribution in [1.82, 2.24) is 0 Å². The molecule has 0 amide bonds. The van der Waals surface area contributed by atoms with Crippen LogP contribution >= 0.6 is 0 Å². The van der Waals surface area contributed by atoms with E-state index in [1.165, 1.54) is 0 Å². The van der Waals surface area contributed by atoms with Crippen LogP contribution in [0.2, 0.25) is 0 Å². The summed E-state index contributed by atoms with van der Waals surface area (Å²) in [6.07, 6.45) is 3.73. The third-order valence-corrected chi connectivity index (χ3v) is 3.36. The minimum atomic E-state index is 0.148. The lowest BCUT2D eigenvalue weighted by molar-refractivity contribution is -0.121. The van der Waals surface area contributed by atoms with Crippen molar-refractivity contribution < 1.29 is 14.3 Å². The molecule has 0 spiro atoms. The molecule has 1 aromatic rings. The first kappa shape index (κ1) is 12.9. The number of carbonyl (C=O) groups is 1. The molecule has 1 aliphatic rings. The molecule has 1 unspecified atom stereocenters. The first-order valence-electron chi connectivity index (χ1n) is 6.62. The molecule has 0 fully saturated rings. The van der Waals surface area contributed by atoms with E-state index in [0.717, 1.165) is 36.3 Å². The van der Waals surface area contributed by atoms with Crippen LogP contribution in [0.25, 0.3) is 0 Å². The van der Waals surface area contributed by atoms with Gasteiger partial charge in [-0.2, -0.15) is 0 Å². The van der Waals surface area contributed by atoms with Gasteiger partial charge >= 0.3 is 0 Å². The molecule has 1 aromatic carbocycles. The van der Waals surface area contributed by atoms with E-state index in [0.29, 0.717) is 12.2 Å². The van der Waals surface area contributed by atoms with E-state index >= 15 is 0 Å². The number of benzene rings is 1. The second-order valence-corrected chi connectivity index (χ2v) is 4.87. The normalized spacial score (nSPS) is 14.6. The van der Waals surface area contributed by atoms with Crippen LogP contribution in [0.4, 0.5) is 0 Å². The van der Waals surface area contributed by atoms with E-state index in [9.17, 15) is 4.79 Å². The number of ketones is 1. The Bertz CT molecular complexity index is 426. The minimum Gasteiger partial charge on any atom is -0.454 e. The van der Waals surface area contributed by atoms with Crippen LogP contribution in [0.5, 0.6) is 11.5 Å². The average Bonchev–Trinajstić information content (AvgIpc) is 2.83. The number of rotatable bonds is 6. The monoisotopic (exact) mass is 248 g/mol. The van der Waals surface area contributed by atoms with Crippen molar-refractivity contribution >= 4 is 5.78 Å². The molecule has 18 heavy (non-hydrogen) atoms. The third kappa shape index (κ3) is 3.03. The molecule has 0 aromatic heterocycles. The fourth-order valence-corrected chi connectivity index (χ4v) is 2.10. The molecule has 3 nitrogen and oxygen atoms in total. The summed E-state index contributed by atoms with van der Waals surface area (Å²) in [5.74, 6) is 1.98. The second kappa shape index (κ2) is 5.89. The Morgan fingerprint density at radius 1 is 1.33 bits per heavy atom. The van der Waals surface area contributed by atoms with Crippen molar-refractivity contribution in [3.8, 4) is 11.5 Å². The highest BCUT2D eigenvalue weighted by Gasteiger charge is 2.16. The maximum absolute atomic E-state index is 12.0. The topological polar surface area (TPSA) is 35.5 Å². The summed E-state index contributed by atoms with van der Waals surface area (Å²) in [5.41, 5.74) is 1.01. The Balaban J connectivity index is 1.94. The first-order chi connectivity index (χ1) is 8.70. The lowest BCUT2D eigenvalue weighted by Gasteiger charge is -2.09. The average molecular weight is 248 g/mol. The van der Waals surface area contributed by atoms with Crippen molar-refractivity contribution in [2.24, 2.45) is 5.92 Å². The van der Waals surface area contributed by atoms with Crippen LogP contribution in [-0.2, 0) is 11.2 Å². The molecule has 1 aliphatic heterocycles. The van der Waals surface area contributed by atoms with Crippen molar-refractivity contribution in [3.05, 3.63) is 23.8 Å². The Morgan fingerprint density at radius 3 is 2.89 bits per heavy atom. The highest BCUT2D eigenvalue weighted by Crippen LogP contribution is 2.32. The van der Waals surface area contributed by atoms with Gasteiger partial charge in [-0.05, 0) is 24.1 Å². The van der Waals surface area contributed by atoms with Gasteiger partial charge in [0.05, 0.1) is 0 Å². The number of hydrogen-bond donors (Lipinski definition) is 0. The maximum Gasteiger partial charge on any atom is 0.231 e. The van der Waals surface area contributed by atoms with E-state index in [-0.39, 0.29) is 12.7 Å². The molecule has 0 saturated heterocycles. The number of Topliss-reactive ketones (excluding diaryl/α,β-unsaturated/α-hetero) is 1. The quantitative estimate of drug-likeness (QED) is 0.774. The molecule has 0 bridgehead atoms. The lowest BCUT2D eigenvalue weighted by Crippen LogP contribution is -2.13. The fraction of sp³-hybridized carbons (Fsp3) is 0.533. The lowest BCUT2D eigenvalue weighted by atomic mass is 9.95. The van der Waals surface area contributed by atoms with E-state index in [1.54, 1.807) is 0 Å². The molecule has 2 rings (SSSR count). The minimum absolute atomic E-state index is 0.148. The zero-order valence-corrected chi connectivity index (χ0v) is 11.1. The van der Waals surface area contributed by atoms with Crippen molar-refractivity contribution in [1.29, 1.82) is 0 Å². The summed E-state index contributed by atoms with van der Waals surface area (Å²) in [5, 5.41) is 0. The molecular formula is C15H20O3. The predicted octanol–water partition coefficient (Wildman–Crippen LogP) is 3.35. The molecule has 3 heteroatoms. The highest BCUT2D eigenvalue weighted by atomic mass is 16.7. The van der Waals surface area contributed by atoms with Crippen LogP contribution < -0.4 is 9.47 Å². The molecule has 98 valence electrons. The molecule has 1 heterocycles. The Labute approximate surface area is 108 Å². The number of unbranched alkanes of at least 4 members (excludes halogenated alkanes) is 1. The van der Waals surface area contributed by atoms with Gasteiger partial charge < -0.3 is 9.47 Å². The number of carbonyl (C=O) groups excluding carboxylic acids is 1. The summed E-state index contributed by atoms with van der Waals surface area (Å²) in [4.78, 5) is 12.0. The molecule has 1 atom stereocenters. The van der Waals surface area contributed by atoms with Gasteiger partial charge in [0.2, 0.25) is 6.79 Å². The third-order valence-electron chi connectivity index (χ3n) is 3.36. The van der Waals surface area contributed by atoms with Gasteiger partial charge in [-0.25, -0.2) is 0 Å². The van der Waals surface area contributed by atoms with Gasteiger partial charge in [0.15, 0.2) is 11.5 Å². The van der Waals surface area contributed by atoms with Crippen LogP contribution in [0.1, 0.15) is 38.7 Å². The molecule has 0 aliphatic carbocycles. The molecule has 0 N–H and O–H groups in total. The van der Waals surface area contributed by atoms with Crippen LogP contribution in [-0.4, -0.2) is 12.6 Å². The smallest absolute Gasteiger partial charge is 0.231 e. The highest BCUT2D eigenvalue weighted by molar-refractivity contribution is 5.83. The van der Waals surface area contributed by atoms with Gasteiger partial charge in [0.1, 0.15) is 5.78 Å². The van der Waals surface area contributed by atoms with Crippen molar-refractivity contribution in [2.45, 2.75) is 39.5 Å². The summed E-state index contributed by atoms with van der Waals surface area (Å²) < 4.78 is 10.6. The van der Waals surface area contributed by atoms with E-state index in [1.807, 2.05) is 25.1 Å². The van der Waals surface area contributed by atoms with Gasteiger partial charge in [0, 0.05) is 12.3 Å². The summed E-state index contributed by atoms with van der Waals surface area (Å²) in [6, 6.07) is 5.73. The molecule has 0 radical (unpaired) electrons. The van der Waals surface area contributed by atoms with E-state index < -0.39 is 0 Å². The zero-order chi connectivity index (χ0) is 13.0. The van der Waals surface area contributed by atoms with Crippen LogP contribution in [0, 0.1) is 5.92 Å². The maximum atomic E-state index is 12.0. The largest absolute Gasteiger partial charge is 0.454 e. The van der Waals surface area contributed by atoms with Gasteiger partial charge in [-0.1, -0.05) is 32.8 Å². The SMILES string of the molecule is CCCCC(C)C(=O)Cc1ccc2c(c1)OCO2. The first-order valence-corrected chi connectivity index (χ1v) is 6.62. The zero-order valence-electron chi connectivity index (χ0n) is 11.1. The predicted molar refractivity (Wildman–Crippen MR) is 70.0 cm³/mol. The van der Waals surface area contributed by atoms with Crippen LogP contribution in [0.3, 0.4) is 0 Å². The van der Waals surface area contributed by atoms with Crippen molar-refractivity contribution in [3.63, 3.8) is 0 Å². The Kier molecular flexibility index (Phi) is 4.24. The standard InChI is InChI=1S/C15H20O3/c1-3-4-5-11(2)13(16)8-12-6-7-14-15(9-12)18-10-17-14/h6-7,9,11H,3-5,8,10H2,1-2H3.